The maximum absolute atomic E-state index is 13.3. The Morgan fingerprint density at radius 1 is 1.25 bits per heavy atom. The van der Waals surface area contributed by atoms with Crippen molar-refractivity contribution in [2.24, 2.45) is 5.14 Å². The monoisotopic (exact) mass is 321 g/mol. The molecule has 1 saturated heterocycles. The Morgan fingerprint density at radius 3 is 2.40 bits per heavy atom. The van der Waals surface area contributed by atoms with Gasteiger partial charge in [0.25, 0.3) is 16.1 Å². The van der Waals surface area contributed by atoms with Crippen LogP contribution in [-0.4, -0.2) is 49.7 Å². The second kappa shape index (κ2) is 5.65. The van der Waals surface area contributed by atoms with Crippen LogP contribution in [0.15, 0.2) is 18.2 Å². The van der Waals surface area contributed by atoms with Gasteiger partial charge in [0.15, 0.2) is 0 Å². The van der Waals surface area contributed by atoms with Gasteiger partial charge in [0, 0.05) is 26.2 Å². The summed E-state index contributed by atoms with van der Waals surface area (Å²) in [7, 11) is -3.75. The van der Waals surface area contributed by atoms with E-state index in [2.05, 4.69) is 0 Å². The molecular formula is C11H13ClFN3O3S. The van der Waals surface area contributed by atoms with Gasteiger partial charge in [0.1, 0.15) is 5.82 Å². The molecule has 0 aliphatic carbocycles. The third-order valence-corrected chi connectivity index (χ3v) is 4.54. The number of rotatable bonds is 2. The van der Waals surface area contributed by atoms with Crippen LogP contribution in [-0.2, 0) is 10.2 Å². The molecule has 1 aliphatic rings. The van der Waals surface area contributed by atoms with Crippen LogP contribution in [0.3, 0.4) is 0 Å². The first-order valence-electron chi connectivity index (χ1n) is 5.82. The Morgan fingerprint density at radius 2 is 1.85 bits per heavy atom. The number of nitrogens with zero attached hydrogens (tertiary/aromatic N) is 2. The van der Waals surface area contributed by atoms with Crippen LogP contribution >= 0.6 is 11.6 Å². The Labute approximate surface area is 121 Å². The topological polar surface area (TPSA) is 83.7 Å². The molecule has 1 amide bonds. The van der Waals surface area contributed by atoms with Crippen molar-refractivity contribution in [2.75, 3.05) is 26.2 Å². The van der Waals surface area contributed by atoms with Crippen LogP contribution in [0.5, 0.6) is 0 Å². The number of carbonyl (C=O) groups is 1. The van der Waals surface area contributed by atoms with Gasteiger partial charge in [-0.05, 0) is 12.1 Å². The standard InChI is InChI=1S/C11H13ClFN3O3S/c12-10-8(2-1-3-9(10)13)11(17)15-4-6-16(7-5-15)20(14,18)19/h1-3H,4-7H2,(H2,14,18,19). The minimum atomic E-state index is -3.75. The average Bonchev–Trinajstić information content (AvgIpc) is 2.40. The SMILES string of the molecule is NS(=O)(=O)N1CCN(C(=O)c2cccc(F)c2Cl)CC1. The fraction of sp³-hybridized carbons (Fsp3) is 0.364. The van der Waals surface area contributed by atoms with Gasteiger partial charge in [-0.15, -0.1) is 0 Å². The highest BCUT2D eigenvalue weighted by molar-refractivity contribution is 7.86. The minimum absolute atomic E-state index is 0.0655. The zero-order valence-corrected chi connectivity index (χ0v) is 12.0. The van der Waals surface area contributed by atoms with Crippen LogP contribution in [0.25, 0.3) is 0 Å². The van der Waals surface area contributed by atoms with E-state index >= 15 is 0 Å². The fourth-order valence-corrected chi connectivity index (χ4v) is 2.86. The summed E-state index contributed by atoms with van der Waals surface area (Å²) in [5.41, 5.74) is 0.0655. The lowest BCUT2D eigenvalue weighted by Gasteiger charge is -2.33. The van der Waals surface area contributed by atoms with E-state index in [0.29, 0.717) is 0 Å². The summed E-state index contributed by atoms with van der Waals surface area (Å²) in [6.45, 7) is 0.583. The molecule has 20 heavy (non-hydrogen) atoms. The highest BCUT2D eigenvalue weighted by Gasteiger charge is 2.28. The number of nitrogens with two attached hydrogens (primary N) is 1. The van der Waals surface area contributed by atoms with Crippen molar-refractivity contribution in [2.45, 2.75) is 0 Å². The maximum atomic E-state index is 13.3. The lowest BCUT2D eigenvalue weighted by molar-refractivity contribution is 0.0697. The quantitative estimate of drug-likeness (QED) is 0.858. The van der Waals surface area contributed by atoms with Crippen molar-refractivity contribution < 1.29 is 17.6 Å². The summed E-state index contributed by atoms with van der Waals surface area (Å²) in [6.07, 6.45) is 0. The highest BCUT2D eigenvalue weighted by atomic mass is 35.5. The number of benzene rings is 1. The molecule has 1 aromatic carbocycles. The zero-order chi connectivity index (χ0) is 14.9. The van der Waals surface area contributed by atoms with E-state index < -0.39 is 21.9 Å². The van der Waals surface area contributed by atoms with Gasteiger partial charge in [-0.1, -0.05) is 17.7 Å². The van der Waals surface area contributed by atoms with Gasteiger partial charge in [-0.25, -0.2) is 9.53 Å². The molecule has 0 bridgehead atoms. The summed E-state index contributed by atoms with van der Waals surface area (Å²) in [4.78, 5) is 13.6. The summed E-state index contributed by atoms with van der Waals surface area (Å²) in [5.74, 6) is -1.09. The van der Waals surface area contributed by atoms with Crippen molar-refractivity contribution in [1.29, 1.82) is 0 Å². The summed E-state index contributed by atoms with van der Waals surface area (Å²) < 4.78 is 36.7. The molecule has 1 fully saturated rings. The molecule has 0 radical (unpaired) electrons. The summed E-state index contributed by atoms with van der Waals surface area (Å²) >= 11 is 5.76. The van der Waals surface area contributed by atoms with Crippen molar-refractivity contribution in [3.05, 3.63) is 34.6 Å². The minimum Gasteiger partial charge on any atom is -0.336 e. The van der Waals surface area contributed by atoms with E-state index in [1.165, 1.54) is 17.0 Å². The normalized spacial score (nSPS) is 17.2. The van der Waals surface area contributed by atoms with Crippen LogP contribution in [0.1, 0.15) is 10.4 Å². The van der Waals surface area contributed by atoms with Crippen molar-refractivity contribution in [3.63, 3.8) is 0 Å². The predicted molar refractivity (Wildman–Crippen MR) is 72.0 cm³/mol. The molecule has 1 aliphatic heterocycles. The van der Waals surface area contributed by atoms with Crippen LogP contribution in [0.2, 0.25) is 5.02 Å². The molecule has 1 heterocycles. The number of halogens is 2. The Balaban J connectivity index is 2.11. The molecule has 9 heteroatoms. The molecule has 0 atom stereocenters. The molecular weight excluding hydrogens is 309 g/mol. The first-order chi connectivity index (χ1) is 9.30. The van der Waals surface area contributed by atoms with Gasteiger partial charge in [-0.2, -0.15) is 12.7 Å². The van der Waals surface area contributed by atoms with Crippen molar-refractivity contribution >= 4 is 27.7 Å². The average molecular weight is 322 g/mol. The van der Waals surface area contributed by atoms with Gasteiger partial charge in [-0.3, -0.25) is 4.79 Å². The van der Waals surface area contributed by atoms with Crippen LogP contribution in [0.4, 0.5) is 4.39 Å². The van der Waals surface area contributed by atoms with Crippen LogP contribution in [0, 0.1) is 5.82 Å². The second-order valence-electron chi connectivity index (χ2n) is 4.34. The number of hydrogen-bond acceptors (Lipinski definition) is 3. The number of piperazine rings is 1. The highest BCUT2D eigenvalue weighted by Crippen LogP contribution is 2.21. The predicted octanol–water partition coefficient (Wildman–Crippen LogP) is 0.440. The third kappa shape index (κ3) is 3.09. The molecule has 0 unspecified atom stereocenters. The van der Waals surface area contributed by atoms with Crippen molar-refractivity contribution in [3.8, 4) is 0 Å². The summed E-state index contributed by atoms with van der Waals surface area (Å²) in [5, 5.41) is 4.78. The molecule has 2 N–H and O–H groups in total. The lowest BCUT2D eigenvalue weighted by atomic mass is 10.2. The maximum Gasteiger partial charge on any atom is 0.277 e. The zero-order valence-electron chi connectivity index (χ0n) is 10.4. The third-order valence-electron chi connectivity index (χ3n) is 3.07. The first kappa shape index (κ1) is 15.2. The lowest BCUT2D eigenvalue weighted by Crippen LogP contribution is -2.52. The van der Waals surface area contributed by atoms with Crippen LogP contribution < -0.4 is 5.14 Å². The molecule has 0 saturated carbocycles. The van der Waals surface area contributed by atoms with E-state index in [9.17, 15) is 17.6 Å². The molecule has 6 nitrogen and oxygen atoms in total. The van der Waals surface area contributed by atoms with E-state index in [1.807, 2.05) is 0 Å². The summed E-state index contributed by atoms with van der Waals surface area (Å²) in [6, 6.07) is 3.99. The first-order valence-corrected chi connectivity index (χ1v) is 7.70. The molecule has 1 aromatic rings. The largest absolute Gasteiger partial charge is 0.336 e. The smallest absolute Gasteiger partial charge is 0.277 e. The van der Waals surface area contributed by atoms with Gasteiger partial charge in [0.05, 0.1) is 10.6 Å². The molecule has 110 valence electrons. The van der Waals surface area contributed by atoms with E-state index in [4.69, 9.17) is 16.7 Å². The Bertz CT molecular complexity index is 630. The number of hydrogen-bond donors (Lipinski definition) is 1. The molecule has 0 aromatic heterocycles. The molecule has 2 rings (SSSR count). The van der Waals surface area contributed by atoms with E-state index in [1.54, 1.807) is 0 Å². The second-order valence-corrected chi connectivity index (χ2v) is 6.26. The fourth-order valence-electron chi connectivity index (χ4n) is 1.98. The van der Waals surface area contributed by atoms with E-state index in [0.717, 1.165) is 10.4 Å². The van der Waals surface area contributed by atoms with Gasteiger partial charge >= 0.3 is 0 Å². The van der Waals surface area contributed by atoms with E-state index in [-0.39, 0.29) is 36.8 Å². The van der Waals surface area contributed by atoms with Crippen molar-refractivity contribution in [1.82, 2.24) is 9.21 Å². The molecule has 0 spiro atoms. The van der Waals surface area contributed by atoms with Gasteiger partial charge in [0.2, 0.25) is 0 Å². The Kier molecular flexibility index (Phi) is 4.28. The number of carbonyl (C=O) groups excluding carboxylic acids is 1. The Hall–Kier alpha value is -1.22. The van der Waals surface area contributed by atoms with Gasteiger partial charge < -0.3 is 4.90 Å². The number of amides is 1.